The molecule has 0 saturated carbocycles. The number of Topliss-reactive ketones (excluding diaryl/α,β-unsaturated/α-hetero) is 2. The van der Waals surface area contributed by atoms with Gasteiger partial charge < -0.3 is 15.0 Å². The van der Waals surface area contributed by atoms with E-state index in [-0.39, 0.29) is 30.2 Å². The molecule has 1 saturated heterocycles. The van der Waals surface area contributed by atoms with Crippen molar-refractivity contribution >= 4 is 18.7 Å². The highest BCUT2D eigenvalue weighted by Crippen LogP contribution is 2.36. The summed E-state index contributed by atoms with van der Waals surface area (Å²) in [7, 11) is -1.13. The maximum atomic E-state index is 12.7. The number of ketones is 2. The third-order valence-electron chi connectivity index (χ3n) is 5.94. The van der Waals surface area contributed by atoms with Crippen LogP contribution in [0.4, 0.5) is 0 Å². The van der Waals surface area contributed by atoms with Gasteiger partial charge in [-0.05, 0) is 67.3 Å². The average molecular weight is 411 g/mol. The predicted molar refractivity (Wildman–Crippen MR) is 109 cm³/mol. The summed E-state index contributed by atoms with van der Waals surface area (Å²) in [5.74, 6) is 0.950. The van der Waals surface area contributed by atoms with E-state index < -0.39 is 7.12 Å². The van der Waals surface area contributed by atoms with Crippen molar-refractivity contribution in [2.75, 3.05) is 13.1 Å². The Balaban J connectivity index is 1.39. The molecule has 0 amide bonds. The standard InChI is InChI=1S/C20H26BN5O4/c1-13(27)18-4-2-3-15-9-16(21(29)30-20(15)18)10-17(28)11-19-23-24-25-26(19)12-14-5-7-22-8-6-14/h2-4,14,16,22,29H,5-12H2,1H3/t16-/m1/s1. The zero-order valence-electron chi connectivity index (χ0n) is 17.1. The van der Waals surface area contributed by atoms with E-state index in [1.807, 2.05) is 6.07 Å². The number of nitrogens with one attached hydrogen (secondary N) is 1. The van der Waals surface area contributed by atoms with E-state index >= 15 is 0 Å². The van der Waals surface area contributed by atoms with E-state index in [2.05, 4.69) is 20.8 Å². The van der Waals surface area contributed by atoms with Crippen molar-refractivity contribution in [3.05, 3.63) is 35.2 Å². The van der Waals surface area contributed by atoms with E-state index in [0.717, 1.165) is 31.5 Å². The average Bonchev–Trinajstić information content (AvgIpc) is 3.15. The highest BCUT2D eigenvalue weighted by atomic mass is 16.5. The van der Waals surface area contributed by atoms with Gasteiger partial charge in [0.1, 0.15) is 11.5 Å². The molecular formula is C20H26BN5O4. The van der Waals surface area contributed by atoms with Gasteiger partial charge in [0.2, 0.25) is 0 Å². The lowest BCUT2D eigenvalue weighted by Gasteiger charge is -2.28. The number of carbonyl (C=O) groups excluding carboxylic acids is 2. The van der Waals surface area contributed by atoms with Crippen molar-refractivity contribution in [2.24, 2.45) is 5.92 Å². The Labute approximate surface area is 175 Å². The topological polar surface area (TPSA) is 119 Å². The van der Waals surface area contributed by atoms with Gasteiger partial charge in [-0.3, -0.25) is 9.59 Å². The number of benzene rings is 1. The molecule has 1 aromatic heterocycles. The number of hydrogen-bond donors (Lipinski definition) is 2. The fourth-order valence-corrected chi connectivity index (χ4v) is 4.28. The molecule has 0 unspecified atom stereocenters. The van der Waals surface area contributed by atoms with E-state index in [1.54, 1.807) is 16.8 Å². The second-order valence-electron chi connectivity index (χ2n) is 8.21. The van der Waals surface area contributed by atoms with Gasteiger partial charge in [0.05, 0.1) is 12.0 Å². The fraction of sp³-hybridized carbons (Fsp3) is 0.550. The predicted octanol–water partition coefficient (Wildman–Crippen LogP) is 0.863. The zero-order valence-corrected chi connectivity index (χ0v) is 17.1. The molecule has 30 heavy (non-hydrogen) atoms. The number of fused-ring (bicyclic) bond motifs is 1. The molecule has 0 radical (unpaired) electrons. The molecule has 1 atom stereocenters. The molecule has 1 fully saturated rings. The number of para-hydroxylation sites is 1. The molecule has 2 N–H and O–H groups in total. The number of hydrogen-bond acceptors (Lipinski definition) is 8. The first-order valence-corrected chi connectivity index (χ1v) is 10.5. The molecule has 0 aliphatic carbocycles. The Kier molecular flexibility index (Phi) is 6.24. The quantitative estimate of drug-likeness (QED) is 0.509. The summed E-state index contributed by atoms with van der Waals surface area (Å²) in [5, 5.41) is 25.6. The highest BCUT2D eigenvalue weighted by molar-refractivity contribution is 6.47. The van der Waals surface area contributed by atoms with Crippen molar-refractivity contribution in [3.8, 4) is 5.75 Å². The van der Waals surface area contributed by atoms with Crippen molar-refractivity contribution in [1.82, 2.24) is 25.5 Å². The SMILES string of the molecule is CC(=O)c1cccc2c1OB(O)[C@@H](CC(=O)Cc1nnnn1CC1CCNCC1)C2. The van der Waals surface area contributed by atoms with Gasteiger partial charge in [0.25, 0.3) is 0 Å². The number of piperidine rings is 1. The minimum atomic E-state index is -1.13. The Morgan fingerprint density at radius 2 is 2.13 bits per heavy atom. The number of carbonyl (C=O) groups is 2. The monoisotopic (exact) mass is 411 g/mol. The third-order valence-corrected chi connectivity index (χ3v) is 5.94. The summed E-state index contributed by atoms with van der Waals surface area (Å²) >= 11 is 0. The van der Waals surface area contributed by atoms with E-state index in [9.17, 15) is 14.6 Å². The van der Waals surface area contributed by atoms with Crippen LogP contribution in [0, 0.1) is 5.92 Å². The van der Waals surface area contributed by atoms with Crippen LogP contribution >= 0.6 is 0 Å². The maximum absolute atomic E-state index is 12.7. The molecule has 4 rings (SSSR count). The molecule has 2 aliphatic rings. The number of nitrogens with zero attached hydrogens (tertiary/aromatic N) is 4. The van der Waals surface area contributed by atoms with E-state index in [0.29, 0.717) is 36.0 Å². The summed E-state index contributed by atoms with van der Waals surface area (Å²) in [6.45, 7) is 4.17. The van der Waals surface area contributed by atoms with Crippen LogP contribution in [-0.2, 0) is 24.2 Å². The van der Waals surface area contributed by atoms with Crippen LogP contribution in [-0.4, -0.2) is 57.0 Å². The third kappa shape index (κ3) is 4.60. The van der Waals surface area contributed by atoms with Gasteiger partial charge in [-0.1, -0.05) is 12.1 Å². The maximum Gasteiger partial charge on any atom is 0.526 e. The molecule has 2 aliphatic heterocycles. The Bertz CT molecular complexity index is 928. The smallest absolute Gasteiger partial charge is 0.526 e. The van der Waals surface area contributed by atoms with E-state index in [1.165, 1.54) is 6.92 Å². The molecule has 158 valence electrons. The van der Waals surface area contributed by atoms with Crippen LogP contribution in [0.5, 0.6) is 5.75 Å². The normalized spacial score (nSPS) is 19.3. The van der Waals surface area contributed by atoms with Crippen LogP contribution in [0.3, 0.4) is 0 Å². The fourth-order valence-electron chi connectivity index (χ4n) is 4.28. The second kappa shape index (κ2) is 9.05. The minimum Gasteiger partial charge on any atom is -0.535 e. The highest BCUT2D eigenvalue weighted by Gasteiger charge is 2.37. The Hall–Kier alpha value is -2.59. The van der Waals surface area contributed by atoms with Crippen LogP contribution in [0.15, 0.2) is 18.2 Å². The van der Waals surface area contributed by atoms with Gasteiger partial charge in [-0.15, -0.1) is 5.10 Å². The molecule has 10 heteroatoms. The number of rotatable bonds is 7. The van der Waals surface area contributed by atoms with Gasteiger partial charge in [0.15, 0.2) is 11.6 Å². The van der Waals surface area contributed by atoms with Gasteiger partial charge in [-0.25, -0.2) is 4.68 Å². The molecular weight excluding hydrogens is 385 g/mol. The van der Waals surface area contributed by atoms with Crippen molar-refractivity contribution in [2.45, 2.75) is 51.4 Å². The van der Waals surface area contributed by atoms with Crippen LogP contribution in [0.25, 0.3) is 0 Å². The lowest BCUT2D eigenvalue weighted by atomic mass is 9.64. The number of tetrazole rings is 1. The molecule has 1 aromatic carbocycles. The molecule has 3 heterocycles. The molecule has 9 nitrogen and oxygen atoms in total. The first-order valence-electron chi connectivity index (χ1n) is 10.5. The van der Waals surface area contributed by atoms with Crippen LogP contribution in [0.2, 0.25) is 5.82 Å². The Morgan fingerprint density at radius 1 is 1.33 bits per heavy atom. The van der Waals surface area contributed by atoms with Gasteiger partial charge in [-0.2, -0.15) is 0 Å². The molecule has 2 aromatic rings. The zero-order chi connectivity index (χ0) is 21.1. The molecule has 0 spiro atoms. The molecule has 0 bridgehead atoms. The Morgan fingerprint density at radius 3 is 2.90 bits per heavy atom. The van der Waals surface area contributed by atoms with Crippen molar-refractivity contribution < 1.29 is 19.3 Å². The van der Waals surface area contributed by atoms with Gasteiger partial charge in [0, 0.05) is 18.8 Å². The van der Waals surface area contributed by atoms with Crippen LogP contribution < -0.4 is 9.97 Å². The lowest BCUT2D eigenvalue weighted by molar-refractivity contribution is -0.118. The summed E-state index contributed by atoms with van der Waals surface area (Å²) < 4.78 is 7.36. The summed E-state index contributed by atoms with van der Waals surface area (Å²) in [6, 6.07) is 5.34. The summed E-state index contributed by atoms with van der Waals surface area (Å²) in [5.41, 5.74) is 1.29. The van der Waals surface area contributed by atoms with E-state index in [4.69, 9.17) is 4.65 Å². The van der Waals surface area contributed by atoms with Crippen molar-refractivity contribution in [1.29, 1.82) is 0 Å². The summed E-state index contributed by atoms with van der Waals surface area (Å²) in [6.07, 6.45) is 2.90. The first-order chi connectivity index (χ1) is 14.5. The van der Waals surface area contributed by atoms with Gasteiger partial charge >= 0.3 is 7.12 Å². The summed E-state index contributed by atoms with van der Waals surface area (Å²) in [4.78, 5) is 24.5. The van der Waals surface area contributed by atoms with Crippen LogP contribution in [0.1, 0.15) is 47.9 Å². The first kappa shape index (κ1) is 20.7. The van der Waals surface area contributed by atoms with Crippen molar-refractivity contribution in [3.63, 3.8) is 0 Å². The number of aromatic nitrogens is 4. The lowest BCUT2D eigenvalue weighted by Crippen LogP contribution is -2.36. The largest absolute Gasteiger partial charge is 0.535 e. The minimum absolute atomic E-state index is 0.0461. The second-order valence-corrected chi connectivity index (χ2v) is 8.21.